The van der Waals surface area contributed by atoms with E-state index in [4.69, 9.17) is 4.74 Å². The number of thiophene rings is 1. The molecule has 0 saturated carbocycles. The highest BCUT2D eigenvalue weighted by Crippen LogP contribution is 2.37. The van der Waals surface area contributed by atoms with Gasteiger partial charge in [-0.1, -0.05) is 6.07 Å². The third kappa shape index (κ3) is 2.94. The Labute approximate surface area is 148 Å². The Morgan fingerprint density at radius 1 is 1.28 bits per heavy atom. The smallest absolute Gasteiger partial charge is 0.261 e. The molecule has 0 aromatic carbocycles. The van der Waals surface area contributed by atoms with E-state index < -0.39 is 0 Å². The Morgan fingerprint density at radius 3 is 2.88 bits per heavy atom. The number of amides is 1. The Morgan fingerprint density at radius 2 is 2.08 bits per heavy atom. The van der Waals surface area contributed by atoms with Crippen molar-refractivity contribution in [2.75, 3.05) is 31.6 Å². The van der Waals surface area contributed by atoms with Crippen LogP contribution >= 0.6 is 11.3 Å². The van der Waals surface area contributed by atoms with Crippen LogP contribution in [0.1, 0.15) is 21.3 Å². The molecule has 1 unspecified atom stereocenters. The van der Waals surface area contributed by atoms with Crippen molar-refractivity contribution in [1.29, 1.82) is 0 Å². The molecule has 7 nitrogen and oxygen atoms in total. The number of nitrogens with one attached hydrogen (secondary N) is 1. The van der Waals surface area contributed by atoms with E-state index in [0.29, 0.717) is 24.0 Å². The van der Waals surface area contributed by atoms with E-state index in [1.54, 1.807) is 31.7 Å². The second-order valence-electron chi connectivity index (χ2n) is 5.63. The Hall–Kier alpha value is -2.58. The molecule has 128 valence electrons. The average molecular weight is 355 g/mol. The summed E-state index contributed by atoms with van der Waals surface area (Å²) in [4.78, 5) is 29.0. The van der Waals surface area contributed by atoms with Gasteiger partial charge in [-0.25, -0.2) is 15.0 Å². The molecule has 1 amide bonds. The van der Waals surface area contributed by atoms with Gasteiger partial charge in [-0.15, -0.1) is 11.3 Å². The highest BCUT2D eigenvalue weighted by atomic mass is 32.1. The number of ether oxygens (including phenoxy) is 1. The van der Waals surface area contributed by atoms with Crippen molar-refractivity contribution in [1.82, 2.24) is 20.3 Å². The molecule has 4 heterocycles. The predicted molar refractivity (Wildman–Crippen MR) is 95.9 cm³/mol. The van der Waals surface area contributed by atoms with Gasteiger partial charge in [-0.3, -0.25) is 4.79 Å². The van der Waals surface area contributed by atoms with E-state index in [1.807, 2.05) is 12.1 Å². The summed E-state index contributed by atoms with van der Waals surface area (Å²) in [6.07, 6.45) is 4.96. The van der Waals surface area contributed by atoms with Crippen molar-refractivity contribution in [3.05, 3.63) is 47.2 Å². The maximum absolute atomic E-state index is 12.4. The van der Waals surface area contributed by atoms with Gasteiger partial charge in [0.05, 0.1) is 13.2 Å². The molecular weight excluding hydrogens is 338 g/mol. The van der Waals surface area contributed by atoms with E-state index in [0.717, 1.165) is 22.3 Å². The van der Waals surface area contributed by atoms with Gasteiger partial charge in [0, 0.05) is 43.1 Å². The van der Waals surface area contributed by atoms with Gasteiger partial charge in [0.25, 0.3) is 5.91 Å². The number of morpholine rings is 1. The summed E-state index contributed by atoms with van der Waals surface area (Å²) in [5.74, 6) is 0.560. The molecule has 25 heavy (non-hydrogen) atoms. The lowest BCUT2D eigenvalue weighted by Crippen LogP contribution is -2.39. The summed E-state index contributed by atoms with van der Waals surface area (Å²) in [7, 11) is 1.63. The molecule has 0 bridgehead atoms. The Balaban J connectivity index is 1.74. The summed E-state index contributed by atoms with van der Waals surface area (Å²) in [6, 6.07) is 5.66. The van der Waals surface area contributed by atoms with Crippen LogP contribution in [-0.4, -0.2) is 47.6 Å². The zero-order valence-corrected chi connectivity index (χ0v) is 14.5. The largest absolute Gasteiger partial charge is 0.370 e. The number of fused-ring (bicyclic) bond motifs is 1. The second-order valence-corrected chi connectivity index (χ2v) is 6.63. The van der Waals surface area contributed by atoms with Crippen LogP contribution in [0.25, 0.3) is 10.2 Å². The van der Waals surface area contributed by atoms with Crippen molar-refractivity contribution in [3.63, 3.8) is 0 Å². The zero-order valence-electron chi connectivity index (χ0n) is 13.7. The number of nitrogens with zero attached hydrogens (tertiary/aromatic N) is 4. The summed E-state index contributed by atoms with van der Waals surface area (Å²) in [6.45, 7) is 1.86. The SMILES string of the molecule is CNC(=O)c1sc2ncccc2c1C1CN(c2ncccn2)CCO1. The molecule has 3 aromatic heterocycles. The number of aromatic nitrogens is 3. The van der Waals surface area contributed by atoms with Crippen LogP contribution in [0.2, 0.25) is 0 Å². The van der Waals surface area contributed by atoms with Crippen LogP contribution in [-0.2, 0) is 4.74 Å². The van der Waals surface area contributed by atoms with Crippen LogP contribution in [0.15, 0.2) is 36.8 Å². The van der Waals surface area contributed by atoms with Crippen LogP contribution in [0.3, 0.4) is 0 Å². The molecule has 1 fully saturated rings. The molecule has 1 aliphatic rings. The summed E-state index contributed by atoms with van der Waals surface area (Å²) in [5.41, 5.74) is 0.896. The molecule has 1 atom stereocenters. The van der Waals surface area contributed by atoms with Crippen molar-refractivity contribution in [3.8, 4) is 0 Å². The third-order valence-electron chi connectivity index (χ3n) is 4.16. The Kier molecular flexibility index (Phi) is 4.29. The minimum atomic E-state index is -0.234. The maximum Gasteiger partial charge on any atom is 0.261 e. The first-order valence-corrected chi connectivity index (χ1v) is 8.82. The van der Waals surface area contributed by atoms with Gasteiger partial charge in [0.2, 0.25) is 5.95 Å². The number of carbonyl (C=O) groups excluding carboxylic acids is 1. The van der Waals surface area contributed by atoms with E-state index >= 15 is 0 Å². The lowest BCUT2D eigenvalue weighted by Gasteiger charge is -2.33. The normalized spacial score (nSPS) is 17.6. The number of rotatable bonds is 3. The summed E-state index contributed by atoms with van der Waals surface area (Å²) >= 11 is 1.39. The van der Waals surface area contributed by atoms with E-state index in [9.17, 15) is 4.79 Å². The van der Waals surface area contributed by atoms with Gasteiger partial charge in [-0.05, 0) is 12.1 Å². The highest BCUT2D eigenvalue weighted by Gasteiger charge is 2.30. The molecule has 3 aromatic rings. The molecule has 4 rings (SSSR count). The van der Waals surface area contributed by atoms with Crippen LogP contribution in [0.5, 0.6) is 0 Å². The average Bonchev–Trinajstić information content (AvgIpc) is 3.08. The van der Waals surface area contributed by atoms with Crippen LogP contribution in [0.4, 0.5) is 5.95 Å². The topological polar surface area (TPSA) is 80.2 Å². The minimum Gasteiger partial charge on any atom is -0.370 e. The van der Waals surface area contributed by atoms with Crippen molar-refractivity contribution < 1.29 is 9.53 Å². The zero-order chi connectivity index (χ0) is 17.2. The van der Waals surface area contributed by atoms with Crippen molar-refractivity contribution >= 4 is 33.4 Å². The molecule has 1 N–H and O–H groups in total. The monoisotopic (exact) mass is 355 g/mol. The van der Waals surface area contributed by atoms with E-state index in [2.05, 4.69) is 25.2 Å². The van der Waals surface area contributed by atoms with Gasteiger partial charge in [-0.2, -0.15) is 0 Å². The number of carbonyl (C=O) groups is 1. The second kappa shape index (κ2) is 6.73. The maximum atomic E-state index is 12.4. The Bertz CT molecular complexity index is 898. The summed E-state index contributed by atoms with van der Waals surface area (Å²) in [5, 5.41) is 3.68. The first-order valence-electron chi connectivity index (χ1n) is 8.01. The number of pyridine rings is 1. The standard InChI is InChI=1S/C17H17N5O2S/c1-18-15(23)14-13(11-4-2-5-19-16(11)25-14)12-10-22(8-9-24-12)17-20-6-3-7-21-17/h2-7,12H,8-10H2,1H3,(H,18,23). The fourth-order valence-corrected chi connectivity index (χ4v) is 4.15. The third-order valence-corrected chi connectivity index (χ3v) is 5.29. The molecule has 1 aliphatic heterocycles. The highest BCUT2D eigenvalue weighted by molar-refractivity contribution is 7.20. The molecule has 0 aliphatic carbocycles. The predicted octanol–water partition coefficient (Wildman–Crippen LogP) is 2.02. The first-order chi connectivity index (χ1) is 12.3. The lowest BCUT2D eigenvalue weighted by atomic mass is 10.0. The molecule has 0 radical (unpaired) electrons. The van der Waals surface area contributed by atoms with E-state index in [1.165, 1.54) is 11.3 Å². The lowest BCUT2D eigenvalue weighted by molar-refractivity contribution is 0.0396. The molecule has 8 heteroatoms. The van der Waals surface area contributed by atoms with Crippen molar-refractivity contribution in [2.24, 2.45) is 0 Å². The number of anilines is 1. The molecule has 1 saturated heterocycles. The number of hydrogen-bond donors (Lipinski definition) is 1. The first kappa shape index (κ1) is 15.9. The summed E-state index contributed by atoms with van der Waals surface area (Å²) < 4.78 is 6.02. The van der Waals surface area contributed by atoms with Gasteiger partial charge in [0.1, 0.15) is 15.8 Å². The minimum absolute atomic E-state index is 0.116. The fourth-order valence-electron chi connectivity index (χ4n) is 3.01. The van der Waals surface area contributed by atoms with Gasteiger partial charge < -0.3 is 15.0 Å². The molecular formula is C17H17N5O2S. The van der Waals surface area contributed by atoms with Gasteiger partial charge >= 0.3 is 0 Å². The number of hydrogen-bond acceptors (Lipinski definition) is 7. The van der Waals surface area contributed by atoms with E-state index in [-0.39, 0.29) is 12.0 Å². The fraction of sp³-hybridized carbons (Fsp3) is 0.294. The van der Waals surface area contributed by atoms with Crippen LogP contribution in [0, 0.1) is 0 Å². The van der Waals surface area contributed by atoms with Crippen LogP contribution < -0.4 is 10.2 Å². The quantitative estimate of drug-likeness (QED) is 0.774. The molecule has 0 spiro atoms. The van der Waals surface area contributed by atoms with Crippen molar-refractivity contribution in [2.45, 2.75) is 6.10 Å². The van der Waals surface area contributed by atoms with Gasteiger partial charge in [0.15, 0.2) is 0 Å².